The lowest BCUT2D eigenvalue weighted by atomic mass is 10.2. The van der Waals surface area contributed by atoms with Crippen molar-refractivity contribution in [3.8, 4) is 0 Å². The quantitative estimate of drug-likeness (QED) is 0.745. The highest BCUT2D eigenvalue weighted by molar-refractivity contribution is 9.10. The minimum atomic E-state index is -0.0801. The van der Waals surface area contributed by atoms with Crippen LogP contribution in [0.3, 0.4) is 0 Å². The van der Waals surface area contributed by atoms with Crippen LogP contribution in [0.5, 0.6) is 0 Å². The molecule has 2 aliphatic heterocycles. The fourth-order valence-corrected chi connectivity index (χ4v) is 3.52. The molecule has 0 atom stereocenters. The molecule has 9 heteroatoms. The smallest absolute Gasteiger partial charge is 0.289 e. The van der Waals surface area contributed by atoms with Crippen molar-refractivity contribution >= 4 is 33.3 Å². The molecule has 0 bridgehead atoms. The minimum absolute atomic E-state index is 0.0801. The number of hydrogen-bond acceptors (Lipinski definition) is 7. The average molecular weight is 422 g/mol. The van der Waals surface area contributed by atoms with E-state index in [1.165, 1.54) is 0 Å². The van der Waals surface area contributed by atoms with E-state index in [9.17, 15) is 4.79 Å². The molecule has 26 heavy (non-hydrogen) atoms. The van der Waals surface area contributed by atoms with Crippen LogP contribution in [0.15, 0.2) is 33.5 Å². The molecule has 8 nitrogen and oxygen atoms in total. The molecule has 2 fully saturated rings. The molecule has 138 valence electrons. The first-order valence-corrected chi connectivity index (χ1v) is 9.45. The number of ether oxygens (including phenoxy) is 1. The zero-order valence-corrected chi connectivity index (χ0v) is 15.9. The number of amides is 1. The first-order valence-electron chi connectivity index (χ1n) is 8.66. The number of furan rings is 1. The van der Waals surface area contributed by atoms with E-state index in [2.05, 4.69) is 42.0 Å². The van der Waals surface area contributed by atoms with E-state index in [4.69, 9.17) is 9.15 Å². The number of morpholine rings is 1. The molecule has 2 aromatic heterocycles. The van der Waals surface area contributed by atoms with E-state index in [0.717, 1.165) is 50.9 Å². The molecule has 0 saturated carbocycles. The molecule has 0 radical (unpaired) electrons. The SMILES string of the molecule is O=C(c1ccc(Br)o1)N1CCN(c2cc(N3CCOCC3)cnn2)CC1. The summed E-state index contributed by atoms with van der Waals surface area (Å²) in [7, 11) is 0. The summed E-state index contributed by atoms with van der Waals surface area (Å²) in [4.78, 5) is 18.7. The van der Waals surface area contributed by atoms with Crippen LogP contribution in [0.2, 0.25) is 0 Å². The molecule has 0 aromatic carbocycles. The number of rotatable bonds is 3. The monoisotopic (exact) mass is 421 g/mol. The number of carbonyl (C=O) groups is 1. The maximum Gasteiger partial charge on any atom is 0.289 e. The van der Waals surface area contributed by atoms with Gasteiger partial charge in [-0.1, -0.05) is 0 Å². The van der Waals surface area contributed by atoms with Crippen LogP contribution in [0.4, 0.5) is 11.5 Å². The first-order chi connectivity index (χ1) is 12.7. The summed E-state index contributed by atoms with van der Waals surface area (Å²) in [5.41, 5.74) is 1.07. The van der Waals surface area contributed by atoms with Crippen LogP contribution in [-0.2, 0) is 4.74 Å². The molecule has 2 aliphatic rings. The van der Waals surface area contributed by atoms with E-state index >= 15 is 0 Å². The molecular formula is C17H20BrN5O3. The Labute approximate surface area is 159 Å². The Bertz CT molecular complexity index is 769. The Morgan fingerprint density at radius 3 is 2.50 bits per heavy atom. The van der Waals surface area contributed by atoms with Crippen molar-refractivity contribution in [3.63, 3.8) is 0 Å². The molecule has 0 spiro atoms. The summed E-state index contributed by atoms with van der Waals surface area (Å²) < 4.78 is 11.3. The predicted molar refractivity (Wildman–Crippen MR) is 99.6 cm³/mol. The third-order valence-electron chi connectivity index (χ3n) is 4.68. The van der Waals surface area contributed by atoms with Gasteiger partial charge in [-0.15, -0.1) is 5.10 Å². The standard InChI is InChI=1S/C17H20BrN5O3/c18-15-2-1-14(26-15)17(24)23-5-3-22(4-6-23)16-11-13(12-19-20-16)21-7-9-25-10-8-21/h1-2,11-12H,3-10H2. The highest BCUT2D eigenvalue weighted by Crippen LogP contribution is 2.22. The maximum absolute atomic E-state index is 12.5. The van der Waals surface area contributed by atoms with Crippen molar-refractivity contribution in [2.75, 3.05) is 62.3 Å². The fourth-order valence-electron chi connectivity index (χ4n) is 3.22. The lowest BCUT2D eigenvalue weighted by molar-refractivity contribution is 0.0713. The molecular weight excluding hydrogens is 402 g/mol. The van der Waals surface area contributed by atoms with E-state index in [0.29, 0.717) is 23.5 Å². The second kappa shape index (κ2) is 7.63. The number of hydrogen-bond donors (Lipinski definition) is 0. The van der Waals surface area contributed by atoms with Crippen molar-refractivity contribution in [1.82, 2.24) is 15.1 Å². The lowest BCUT2D eigenvalue weighted by Gasteiger charge is -2.35. The predicted octanol–water partition coefficient (Wildman–Crippen LogP) is 1.63. The van der Waals surface area contributed by atoms with Gasteiger partial charge in [-0.25, -0.2) is 0 Å². The van der Waals surface area contributed by atoms with Crippen LogP contribution in [-0.4, -0.2) is 73.5 Å². The van der Waals surface area contributed by atoms with Gasteiger partial charge in [-0.3, -0.25) is 4.79 Å². The van der Waals surface area contributed by atoms with E-state index in [1.54, 1.807) is 23.2 Å². The molecule has 2 saturated heterocycles. The molecule has 0 aliphatic carbocycles. The third kappa shape index (κ3) is 3.68. The normalized spacial score (nSPS) is 18.3. The van der Waals surface area contributed by atoms with Crippen LogP contribution in [0, 0.1) is 0 Å². The van der Waals surface area contributed by atoms with Crippen LogP contribution >= 0.6 is 15.9 Å². The summed E-state index contributed by atoms with van der Waals surface area (Å²) in [5, 5.41) is 8.44. The molecule has 0 N–H and O–H groups in total. The minimum Gasteiger partial charge on any atom is -0.444 e. The zero-order chi connectivity index (χ0) is 17.9. The largest absolute Gasteiger partial charge is 0.444 e. The summed E-state index contributed by atoms with van der Waals surface area (Å²) >= 11 is 3.23. The summed E-state index contributed by atoms with van der Waals surface area (Å²) in [6.45, 7) is 5.89. The summed E-state index contributed by atoms with van der Waals surface area (Å²) in [6, 6.07) is 5.49. The van der Waals surface area contributed by atoms with E-state index in [1.807, 2.05) is 0 Å². The maximum atomic E-state index is 12.5. The molecule has 0 unspecified atom stereocenters. The first kappa shape index (κ1) is 17.3. The van der Waals surface area contributed by atoms with Gasteiger partial charge in [-0.05, 0) is 28.1 Å². The second-order valence-corrected chi connectivity index (χ2v) is 7.04. The number of carbonyl (C=O) groups excluding carboxylic acids is 1. The summed E-state index contributed by atoms with van der Waals surface area (Å²) in [6.07, 6.45) is 1.80. The van der Waals surface area contributed by atoms with Gasteiger partial charge >= 0.3 is 0 Å². The number of halogens is 1. The van der Waals surface area contributed by atoms with Gasteiger partial charge in [0.05, 0.1) is 25.1 Å². The Hall–Kier alpha value is -2.13. The van der Waals surface area contributed by atoms with Crippen LogP contribution in [0.1, 0.15) is 10.6 Å². The van der Waals surface area contributed by atoms with Crippen LogP contribution < -0.4 is 9.80 Å². The molecule has 4 heterocycles. The van der Waals surface area contributed by atoms with Crippen molar-refractivity contribution < 1.29 is 13.9 Å². The third-order valence-corrected chi connectivity index (χ3v) is 5.10. The zero-order valence-electron chi connectivity index (χ0n) is 14.3. The van der Waals surface area contributed by atoms with Gasteiger partial charge in [0.15, 0.2) is 16.2 Å². The lowest BCUT2D eigenvalue weighted by Crippen LogP contribution is -2.49. The van der Waals surface area contributed by atoms with Crippen LogP contribution in [0.25, 0.3) is 0 Å². The Morgan fingerprint density at radius 1 is 1.04 bits per heavy atom. The fraction of sp³-hybridized carbons (Fsp3) is 0.471. The molecule has 4 rings (SSSR count). The van der Waals surface area contributed by atoms with E-state index in [-0.39, 0.29) is 5.91 Å². The van der Waals surface area contributed by atoms with Gasteiger partial charge in [0, 0.05) is 45.3 Å². The Balaban J connectivity index is 1.39. The van der Waals surface area contributed by atoms with Gasteiger partial charge in [0.2, 0.25) is 0 Å². The van der Waals surface area contributed by atoms with Crippen molar-refractivity contribution in [3.05, 3.63) is 34.8 Å². The van der Waals surface area contributed by atoms with Crippen molar-refractivity contribution in [1.29, 1.82) is 0 Å². The molecule has 2 aromatic rings. The van der Waals surface area contributed by atoms with Crippen molar-refractivity contribution in [2.45, 2.75) is 0 Å². The van der Waals surface area contributed by atoms with E-state index < -0.39 is 0 Å². The van der Waals surface area contributed by atoms with Crippen molar-refractivity contribution in [2.24, 2.45) is 0 Å². The number of aromatic nitrogens is 2. The van der Waals surface area contributed by atoms with Gasteiger partial charge in [0.25, 0.3) is 5.91 Å². The highest BCUT2D eigenvalue weighted by atomic mass is 79.9. The number of anilines is 2. The highest BCUT2D eigenvalue weighted by Gasteiger charge is 2.25. The number of nitrogens with zero attached hydrogens (tertiary/aromatic N) is 5. The molecule has 1 amide bonds. The Kier molecular flexibility index (Phi) is 5.07. The summed E-state index contributed by atoms with van der Waals surface area (Å²) in [5.74, 6) is 1.13. The van der Waals surface area contributed by atoms with Gasteiger partial charge in [0.1, 0.15) is 0 Å². The second-order valence-electron chi connectivity index (χ2n) is 6.25. The average Bonchev–Trinajstić information content (AvgIpc) is 3.15. The van der Waals surface area contributed by atoms with Gasteiger partial charge < -0.3 is 23.9 Å². The topological polar surface area (TPSA) is 74.9 Å². The number of piperazine rings is 1. The van der Waals surface area contributed by atoms with Gasteiger partial charge in [-0.2, -0.15) is 5.10 Å². The Morgan fingerprint density at radius 2 is 1.81 bits per heavy atom.